The van der Waals surface area contributed by atoms with Crippen LogP contribution in [-0.4, -0.2) is 10.1 Å². The molecule has 20 heavy (non-hydrogen) atoms. The van der Waals surface area contributed by atoms with Gasteiger partial charge in [0.2, 0.25) is 0 Å². The highest BCUT2D eigenvalue weighted by molar-refractivity contribution is 7.09. The number of anilines is 1. The Morgan fingerprint density at radius 2 is 1.90 bits per heavy atom. The molecule has 0 unspecified atom stereocenters. The molecule has 0 aliphatic heterocycles. The summed E-state index contributed by atoms with van der Waals surface area (Å²) < 4.78 is 0. The van der Waals surface area contributed by atoms with Gasteiger partial charge in [0.05, 0.1) is 17.2 Å². The molecule has 0 atom stereocenters. The lowest BCUT2D eigenvalue weighted by Crippen LogP contribution is -2.11. The third-order valence-corrected chi connectivity index (χ3v) is 4.51. The molecule has 1 heterocycles. The van der Waals surface area contributed by atoms with E-state index in [9.17, 15) is 5.11 Å². The Labute approximate surface area is 124 Å². The van der Waals surface area contributed by atoms with Crippen LogP contribution in [0.25, 0.3) is 0 Å². The predicted octanol–water partition coefficient (Wildman–Crippen LogP) is 4.38. The van der Waals surface area contributed by atoms with Gasteiger partial charge in [0, 0.05) is 16.5 Å². The van der Waals surface area contributed by atoms with Crippen LogP contribution in [0.3, 0.4) is 0 Å². The molecule has 0 aliphatic rings. The number of phenolic OH excluding ortho intramolecular Hbond substituents is 1. The molecule has 108 valence electrons. The summed E-state index contributed by atoms with van der Waals surface area (Å²) in [6.45, 7) is 11.1. The molecular formula is C16H22N2OS. The monoisotopic (exact) mass is 290 g/mol. The minimum absolute atomic E-state index is 0.105. The second-order valence-corrected chi connectivity index (χ2v) is 7.06. The van der Waals surface area contributed by atoms with Crippen LogP contribution in [0.5, 0.6) is 5.75 Å². The number of hydrogen-bond acceptors (Lipinski definition) is 4. The van der Waals surface area contributed by atoms with Crippen LogP contribution in [0.2, 0.25) is 0 Å². The molecular weight excluding hydrogens is 268 g/mol. The van der Waals surface area contributed by atoms with E-state index in [2.05, 4.69) is 36.5 Å². The van der Waals surface area contributed by atoms with Gasteiger partial charge >= 0.3 is 0 Å². The van der Waals surface area contributed by atoms with E-state index < -0.39 is 0 Å². The average Bonchev–Trinajstić information content (AvgIpc) is 2.80. The molecule has 0 fully saturated rings. The van der Waals surface area contributed by atoms with Crippen molar-refractivity contribution < 1.29 is 5.11 Å². The molecule has 3 nitrogen and oxygen atoms in total. The van der Waals surface area contributed by atoms with Crippen LogP contribution in [0.15, 0.2) is 17.5 Å². The van der Waals surface area contributed by atoms with Crippen LogP contribution in [-0.2, 0) is 12.0 Å². The van der Waals surface area contributed by atoms with E-state index in [1.165, 1.54) is 0 Å². The van der Waals surface area contributed by atoms with Crippen molar-refractivity contribution in [2.75, 3.05) is 5.32 Å². The first kappa shape index (κ1) is 14.9. The Kier molecular flexibility index (Phi) is 4.04. The van der Waals surface area contributed by atoms with Gasteiger partial charge < -0.3 is 10.4 Å². The second kappa shape index (κ2) is 5.44. The number of aryl methyl sites for hydroxylation is 2. The normalized spacial score (nSPS) is 11.7. The highest BCUT2D eigenvalue weighted by atomic mass is 32.1. The SMILES string of the molecule is Cc1cc(NCc2csc(C(C)(C)C)n2)c(C)cc1O. The number of aromatic nitrogens is 1. The summed E-state index contributed by atoms with van der Waals surface area (Å²) >= 11 is 1.71. The maximum atomic E-state index is 9.66. The molecule has 0 saturated carbocycles. The molecule has 0 amide bonds. The molecule has 0 aliphatic carbocycles. The van der Waals surface area contributed by atoms with Crippen molar-refractivity contribution >= 4 is 17.0 Å². The van der Waals surface area contributed by atoms with Gasteiger partial charge in [-0.3, -0.25) is 0 Å². The van der Waals surface area contributed by atoms with E-state index in [0.29, 0.717) is 12.3 Å². The molecule has 0 bridgehead atoms. The smallest absolute Gasteiger partial charge is 0.118 e. The summed E-state index contributed by atoms with van der Waals surface area (Å²) in [4.78, 5) is 4.67. The average molecular weight is 290 g/mol. The van der Waals surface area contributed by atoms with E-state index in [1.54, 1.807) is 17.4 Å². The van der Waals surface area contributed by atoms with E-state index in [1.807, 2.05) is 19.9 Å². The fourth-order valence-corrected chi connectivity index (χ4v) is 2.82. The van der Waals surface area contributed by atoms with E-state index >= 15 is 0 Å². The Bertz CT molecular complexity index is 611. The van der Waals surface area contributed by atoms with Gasteiger partial charge in [-0.2, -0.15) is 0 Å². The molecule has 0 radical (unpaired) electrons. The Morgan fingerprint density at radius 3 is 2.50 bits per heavy atom. The summed E-state index contributed by atoms with van der Waals surface area (Å²) in [5.41, 5.74) is 4.13. The number of rotatable bonds is 3. The molecule has 1 aromatic carbocycles. The lowest BCUT2D eigenvalue weighted by atomic mass is 9.98. The summed E-state index contributed by atoms with van der Waals surface area (Å²) in [6.07, 6.45) is 0. The standard InChI is InChI=1S/C16H22N2OS/c1-10-7-14(19)11(2)6-13(10)17-8-12-9-20-15(18-12)16(3,4)5/h6-7,9,17,19H,8H2,1-5H3. The first-order valence-corrected chi connectivity index (χ1v) is 7.64. The van der Waals surface area contributed by atoms with Crippen molar-refractivity contribution in [1.29, 1.82) is 0 Å². The van der Waals surface area contributed by atoms with Gasteiger partial charge in [0.15, 0.2) is 0 Å². The van der Waals surface area contributed by atoms with Crippen LogP contribution in [0.4, 0.5) is 5.69 Å². The largest absolute Gasteiger partial charge is 0.508 e. The third kappa shape index (κ3) is 3.31. The summed E-state index contributed by atoms with van der Waals surface area (Å²) in [5.74, 6) is 0.344. The minimum Gasteiger partial charge on any atom is -0.508 e. The van der Waals surface area contributed by atoms with Gasteiger partial charge in [-0.1, -0.05) is 20.8 Å². The lowest BCUT2D eigenvalue weighted by molar-refractivity contribution is 0.471. The van der Waals surface area contributed by atoms with Crippen molar-refractivity contribution in [3.05, 3.63) is 39.3 Å². The number of aromatic hydroxyl groups is 1. The van der Waals surface area contributed by atoms with Crippen LogP contribution >= 0.6 is 11.3 Å². The molecule has 4 heteroatoms. The maximum Gasteiger partial charge on any atom is 0.118 e. The minimum atomic E-state index is 0.105. The molecule has 2 rings (SSSR count). The number of nitrogens with zero attached hydrogens (tertiary/aromatic N) is 1. The highest BCUT2D eigenvalue weighted by Crippen LogP contribution is 2.27. The van der Waals surface area contributed by atoms with E-state index in [4.69, 9.17) is 0 Å². The summed E-state index contributed by atoms with van der Waals surface area (Å²) in [7, 11) is 0. The highest BCUT2D eigenvalue weighted by Gasteiger charge is 2.17. The topological polar surface area (TPSA) is 45.2 Å². The molecule has 1 aromatic heterocycles. The fourth-order valence-electron chi connectivity index (χ4n) is 1.91. The van der Waals surface area contributed by atoms with Crippen molar-refractivity contribution in [2.24, 2.45) is 0 Å². The Balaban J connectivity index is 2.09. The van der Waals surface area contributed by atoms with Crippen LogP contribution < -0.4 is 5.32 Å². The van der Waals surface area contributed by atoms with Crippen LogP contribution in [0.1, 0.15) is 42.6 Å². The van der Waals surface area contributed by atoms with Gasteiger partial charge in [0.25, 0.3) is 0 Å². The van der Waals surface area contributed by atoms with Crippen LogP contribution in [0, 0.1) is 13.8 Å². The second-order valence-electron chi connectivity index (χ2n) is 6.20. The zero-order valence-corrected chi connectivity index (χ0v) is 13.6. The van der Waals surface area contributed by atoms with E-state index in [0.717, 1.165) is 27.5 Å². The van der Waals surface area contributed by atoms with Gasteiger partial charge in [-0.25, -0.2) is 4.98 Å². The molecule has 2 aromatic rings. The zero-order valence-electron chi connectivity index (χ0n) is 12.7. The van der Waals surface area contributed by atoms with Gasteiger partial charge in [-0.05, 0) is 37.1 Å². The van der Waals surface area contributed by atoms with E-state index in [-0.39, 0.29) is 5.41 Å². The molecule has 0 spiro atoms. The maximum absolute atomic E-state index is 9.66. The first-order chi connectivity index (χ1) is 9.27. The number of phenols is 1. The number of hydrogen-bond donors (Lipinski definition) is 2. The lowest BCUT2D eigenvalue weighted by Gasteiger charge is -2.14. The molecule has 2 N–H and O–H groups in total. The van der Waals surface area contributed by atoms with Crippen molar-refractivity contribution in [1.82, 2.24) is 4.98 Å². The Hall–Kier alpha value is -1.55. The predicted molar refractivity (Wildman–Crippen MR) is 85.7 cm³/mol. The van der Waals surface area contributed by atoms with Crippen molar-refractivity contribution in [2.45, 2.75) is 46.6 Å². The molecule has 0 saturated heterocycles. The quantitative estimate of drug-likeness (QED) is 0.825. The summed E-state index contributed by atoms with van der Waals surface area (Å²) in [5, 5.41) is 16.3. The number of nitrogens with one attached hydrogen (secondary N) is 1. The van der Waals surface area contributed by atoms with Gasteiger partial charge in [0.1, 0.15) is 5.75 Å². The third-order valence-electron chi connectivity index (χ3n) is 3.20. The van der Waals surface area contributed by atoms with Crippen molar-refractivity contribution in [3.63, 3.8) is 0 Å². The van der Waals surface area contributed by atoms with Gasteiger partial charge in [-0.15, -0.1) is 11.3 Å². The number of thiazole rings is 1. The fraction of sp³-hybridized carbons (Fsp3) is 0.438. The Morgan fingerprint density at radius 1 is 1.20 bits per heavy atom. The first-order valence-electron chi connectivity index (χ1n) is 6.76. The summed E-state index contributed by atoms with van der Waals surface area (Å²) in [6, 6.07) is 3.76. The number of benzene rings is 1. The van der Waals surface area contributed by atoms with Crippen molar-refractivity contribution in [3.8, 4) is 5.75 Å². The zero-order chi connectivity index (χ0) is 14.9.